The number of ketones is 1. The van der Waals surface area contributed by atoms with Crippen molar-refractivity contribution in [2.24, 2.45) is 5.92 Å². The molecule has 1 N–H and O–H groups in total. The fourth-order valence-electron chi connectivity index (χ4n) is 3.87. The number of likely N-dealkylation sites (tertiary alicyclic amines) is 1. The molecule has 0 radical (unpaired) electrons. The first-order valence-corrected chi connectivity index (χ1v) is 10.8. The molecule has 1 aliphatic heterocycles. The van der Waals surface area contributed by atoms with Gasteiger partial charge in [0.15, 0.2) is 5.78 Å². The molecule has 5 nitrogen and oxygen atoms in total. The van der Waals surface area contributed by atoms with E-state index in [2.05, 4.69) is 4.90 Å². The molecule has 1 saturated heterocycles. The van der Waals surface area contributed by atoms with Gasteiger partial charge in [-0.25, -0.2) is 4.39 Å². The molecule has 3 rings (SSSR count). The van der Waals surface area contributed by atoms with Crippen LogP contribution in [0.4, 0.5) is 4.39 Å². The summed E-state index contributed by atoms with van der Waals surface area (Å²) >= 11 is 4.69. The van der Waals surface area contributed by atoms with E-state index in [0.717, 1.165) is 24.8 Å². The van der Waals surface area contributed by atoms with Crippen molar-refractivity contribution < 1.29 is 19.1 Å². The summed E-state index contributed by atoms with van der Waals surface area (Å²) in [6.07, 6.45) is 4.56. The van der Waals surface area contributed by atoms with Gasteiger partial charge in [-0.1, -0.05) is 31.2 Å². The van der Waals surface area contributed by atoms with Crippen molar-refractivity contribution in [3.63, 3.8) is 0 Å². The molecule has 2 unspecified atom stereocenters. The lowest BCUT2D eigenvalue weighted by atomic mass is 9.93. The van der Waals surface area contributed by atoms with Crippen molar-refractivity contribution in [2.75, 3.05) is 32.7 Å². The molecular formula is C22H29FN2O3S. The number of likely N-dealkylation sites (N-methyl/N-ethyl adjacent to an activating group) is 1. The van der Waals surface area contributed by atoms with Crippen LogP contribution >= 0.6 is 12.6 Å². The molecule has 158 valence electrons. The fourth-order valence-corrected chi connectivity index (χ4v) is 4.18. The minimum Gasteiger partial charge on any atom is -0.480 e. The van der Waals surface area contributed by atoms with Crippen molar-refractivity contribution in [3.05, 3.63) is 47.3 Å². The van der Waals surface area contributed by atoms with Gasteiger partial charge in [-0.05, 0) is 37.4 Å². The normalized spacial score (nSPS) is 22.8. The summed E-state index contributed by atoms with van der Waals surface area (Å²) in [5.74, 6) is -1.06. The van der Waals surface area contributed by atoms with Gasteiger partial charge in [-0.2, -0.15) is 12.6 Å². The molecule has 1 aromatic rings. The van der Waals surface area contributed by atoms with Crippen molar-refractivity contribution in [2.45, 2.75) is 37.5 Å². The van der Waals surface area contributed by atoms with Crippen LogP contribution < -0.4 is 0 Å². The maximum atomic E-state index is 14.6. The van der Waals surface area contributed by atoms with Crippen LogP contribution in [0.3, 0.4) is 0 Å². The van der Waals surface area contributed by atoms with E-state index >= 15 is 0 Å². The van der Waals surface area contributed by atoms with Crippen LogP contribution in [-0.2, 0) is 9.59 Å². The topological polar surface area (TPSA) is 60.9 Å². The molecular weight excluding hydrogens is 391 g/mol. The predicted octanol–water partition coefficient (Wildman–Crippen LogP) is 3.18. The number of hydrogen-bond acceptors (Lipinski definition) is 5. The molecule has 1 saturated carbocycles. The van der Waals surface area contributed by atoms with Gasteiger partial charge in [-0.15, -0.1) is 0 Å². The number of carbonyl (C=O) groups excluding carboxylic acids is 1. The Hall–Kier alpha value is -1.70. The van der Waals surface area contributed by atoms with E-state index in [1.165, 1.54) is 6.07 Å². The minimum atomic E-state index is -0.854. The molecule has 1 aliphatic carbocycles. The highest BCUT2D eigenvalue weighted by atomic mass is 32.1. The van der Waals surface area contributed by atoms with Crippen LogP contribution in [-0.4, -0.2) is 64.6 Å². The minimum absolute atomic E-state index is 0.0146. The van der Waals surface area contributed by atoms with Crippen molar-refractivity contribution in [3.8, 4) is 0 Å². The smallest absolute Gasteiger partial charge is 0.317 e. The number of carboxylic acid groups (broad SMARTS) is 1. The highest BCUT2D eigenvalue weighted by Gasteiger charge is 2.40. The summed E-state index contributed by atoms with van der Waals surface area (Å²) in [5.41, 5.74) is 1.51. The highest BCUT2D eigenvalue weighted by molar-refractivity contribution is 7.81. The lowest BCUT2D eigenvalue weighted by molar-refractivity contribution is -0.138. The standard InChI is InChI=1S/C22H29FN2O3S/c1-2-24(14-20(26)27)11-9-16-13-25(12-10-19(16)29)21(22(28)15-7-8-15)17-5-3-4-6-18(17)23/h3-6,9,15,19,21,29H,2,7-8,10-14H2,1H3,(H,26,27)/b16-9-. The molecule has 2 aliphatic rings. The number of benzene rings is 1. The first kappa shape index (κ1) is 22.0. The summed E-state index contributed by atoms with van der Waals surface area (Å²) in [7, 11) is 0. The monoisotopic (exact) mass is 420 g/mol. The number of thiol groups is 1. The third kappa shape index (κ3) is 5.68. The van der Waals surface area contributed by atoms with Crippen LogP contribution in [0.15, 0.2) is 35.9 Å². The Balaban J connectivity index is 1.80. The average molecular weight is 421 g/mol. The molecule has 0 bridgehead atoms. The molecule has 0 amide bonds. The van der Waals surface area contributed by atoms with Crippen molar-refractivity contribution in [1.82, 2.24) is 9.80 Å². The second-order valence-corrected chi connectivity index (χ2v) is 8.50. The van der Waals surface area contributed by atoms with Crippen LogP contribution in [0.5, 0.6) is 0 Å². The van der Waals surface area contributed by atoms with Gasteiger partial charge in [0.25, 0.3) is 0 Å². The molecule has 7 heteroatoms. The molecule has 1 aromatic carbocycles. The van der Waals surface area contributed by atoms with Gasteiger partial charge in [0.05, 0.1) is 12.6 Å². The lowest BCUT2D eigenvalue weighted by Crippen LogP contribution is -2.43. The van der Waals surface area contributed by atoms with E-state index in [-0.39, 0.29) is 29.3 Å². The fraction of sp³-hybridized carbons (Fsp3) is 0.545. The van der Waals surface area contributed by atoms with Crippen molar-refractivity contribution in [1.29, 1.82) is 0 Å². The predicted molar refractivity (Wildman–Crippen MR) is 114 cm³/mol. The second-order valence-electron chi connectivity index (χ2n) is 7.88. The number of carbonyl (C=O) groups is 2. The van der Waals surface area contributed by atoms with E-state index in [9.17, 15) is 14.0 Å². The van der Waals surface area contributed by atoms with E-state index in [0.29, 0.717) is 31.7 Å². The van der Waals surface area contributed by atoms with Gasteiger partial charge in [0.1, 0.15) is 5.82 Å². The molecule has 1 heterocycles. The van der Waals surface area contributed by atoms with Gasteiger partial charge in [-0.3, -0.25) is 19.4 Å². The Morgan fingerprint density at radius 3 is 2.69 bits per heavy atom. The maximum Gasteiger partial charge on any atom is 0.317 e. The average Bonchev–Trinajstić information content (AvgIpc) is 3.53. The van der Waals surface area contributed by atoms with E-state index in [1.54, 1.807) is 18.2 Å². The van der Waals surface area contributed by atoms with Crippen LogP contribution in [0.1, 0.15) is 37.8 Å². The molecule has 2 atom stereocenters. The largest absolute Gasteiger partial charge is 0.480 e. The van der Waals surface area contributed by atoms with Crippen LogP contribution in [0.25, 0.3) is 0 Å². The van der Waals surface area contributed by atoms with Crippen molar-refractivity contribution >= 4 is 24.4 Å². The first-order valence-electron chi connectivity index (χ1n) is 10.2. The summed E-state index contributed by atoms with van der Waals surface area (Å²) < 4.78 is 14.6. The zero-order valence-corrected chi connectivity index (χ0v) is 17.7. The zero-order chi connectivity index (χ0) is 21.0. The Kier molecular flexibility index (Phi) is 7.49. The number of hydrogen-bond donors (Lipinski definition) is 2. The number of piperidine rings is 1. The number of halogens is 1. The molecule has 29 heavy (non-hydrogen) atoms. The van der Waals surface area contributed by atoms with Crippen LogP contribution in [0, 0.1) is 11.7 Å². The number of Topliss-reactive ketones (excluding diaryl/α,β-unsaturated/α-hetero) is 1. The third-order valence-corrected chi connectivity index (χ3v) is 6.33. The molecule has 2 fully saturated rings. The van der Waals surface area contributed by atoms with Crippen LogP contribution in [0.2, 0.25) is 0 Å². The lowest BCUT2D eigenvalue weighted by Gasteiger charge is -2.38. The second kappa shape index (κ2) is 9.87. The molecule has 0 spiro atoms. The van der Waals surface area contributed by atoms with Gasteiger partial charge in [0.2, 0.25) is 0 Å². The van der Waals surface area contributed by atoms with Gasteiger partial charge < -0.3 is 5.11 Å². The van der Waals surface area contributed by atoms with Gasteiger partial charge >= 0.3 is 5.97 Å². The number of rotatable bonds is 9. The summed E-state index contributed by atoms with van der Waals surface area (Å²) in [5, 5.41) is 9.09. The van der Waals surface area contributed by atoms with Gasteiger partial charge in [0, 0.05) is 36.4 Å². The van der Waals surface area contributed by atoms with E-state index < -0.39 is 12.0 Å². The quantitative estimate of drug-likeness (QED) is 0.475. The number of carboxylic acids is 1. The Morgan fingerprint density at radius 2 is 2.07 bits per heavy atom. The maximum absolute atomic E-state index is 14.6. The van der Waals surface area contributed by atoms with E-state index in [1.807, 2.05) is 17.9 Å². The Labute approximate surface area is 177 Å². The van der Waals surface area contributed by atoms with E-state index in [4.69, 9.17) is 17.7 Å². The first-order chi connectivity index (χ1) is 13.9. The summed E-state index contributed by atoms with van der Waals surface area (Å²) in [6, 6.07) is 5.97. The number of nitrogens with zero attached hydrogens (tertiary/aromatic N) is 2. The summed E-state index contributed by atoms with van der Waals surface area (Å²) in [6.45, 7) is 4.28. The molecule has 0 aromatic heterocycles. The Bertz CT molecular complexity index is 781. The SMILES string of the molecule is CCN(C/C=C1/CN(C(C(=O)C2CC2)c2ccccc2F)CCC1S)CC(=O)O. The third-order valence-electron chi connectivity index (χ3n) is 5.74. The number of aliphatic carboxylic acids is 1. The zero-order valence-electron chi connectivity index (χ0n) is 16.8. The Morgan fingerprint density at radius 1 is 1.34 bits per heavy atom. The summed E-state index contributed by atoms with van der Waals surface area (Å²) in [4.78, 5) is 28.0. The highest BCUT2D eigenvalue weighted by Crippen LogP contribution is 2.39.